The van der Waals surface area contributed by atoms with E-state index < -0.39 is 0 Å². The van der Waals surface area contributed by atoms with Crippen molar-refractivity contribution in [1.82, 2.24) is 0 Å². The Morgan fingerprint density at radius 3 is 2.19 bits per heavy atom. The summed E-state index contributed by atoms with van der Waals surface area (Å²) in [6.45, 7) is 5.71. The van der Waals surface area contributed by atoms with Crippen LogP contribution in [0.25, 0.3) is 33.1 Å². The van der Waals surface area contributed by atoms with Gasteiger partial charge in [-0.3, -0.25) is 4.79 Å². The molecule has 0 N–H and O–H groups in total. The van der Waals surface area contributed by atoms with Gasteiger partial charge in [0.1, 0.15) is 35.0 Å². The maximum Gasteiger partial charge on any atom is 0.306 e. The van der Waals surface area contributed by atoms with Gasteiger partial charge in [-0.25, -0.2) is 0 Å². The lowest BCUT2D eigenvalue weighted by atomic mass is 10.00. The first-order valence-electron chi connectivity index (χ1n) is 16.4. The van der Waals surface area contributed by atoms with Gasteiger partial charge in [0.25, 0.3) is 0 Å². The normalized spacial score (nSPS) is 11.1. The second-order valence-corrected chi connectivity index (χ2v) is 11.3. The Labute approximate surface area is 275 Å². The summed E-state index contributed by atoms with van der Waals surface area (Å²) in [4.78, 5) is 12.3. The molecule has 6 nitrogen and oxygen atoms in total. The summed E-state index contributed by atoms with van der Waals surface area (Å²) >= 11 is 0. The van der Waals surface area contributed by atoms with Gasteiger partial charge < -0.3 is 23.4 Å². The van der Waals surface area contributed by atoms with Crippen LogP contribution in [0, 0.1) is 0 Å². The van der Waals surface area contributed by atoms with E-state index in [4.69, 9.17) is 23.4 Å². The second-order valence-electron chi connectivity index (χ2n) is 11.3. The van der Waals surface area contributed by atoms with Crippen LogP contribution >= 0.6 is 0 Å². The molecule has 0 saturated carbocycles. The smallest absolute Gasteiger partial charge is 0.306 e. The van der Waals surface area contributed by atoms with Crippen LogP contribution in [0.3, 0.4) is 0 Å². The predicted molar refractivity (Wildman–Crippen MR) is 186 cm³/mol. The van der Waals surface area contributed by atoms with E-state index in [2.05, 4.69) is 37.3 Å². The highest BCUT2D eigenvalue weighted by molar-refractivity contribution is 6.07. The number of hydrogen-bond donors (Lipinski definition) is 0. The average molecular weight is 629 g/mol. The summed E-state index contributed by atoms with van der Waals surface area (Å²) in [5.74, 6) is 2.12. The Bertz CT molecular complexity index is 1930. The van der Waals surface area contributed by atoms with E-state index in [-0.39, 0.29) is 12.4 Å². The van der Waals surface area contributed by atoms with Gasteiger partial charge in [0.15, 0.2) is 0 Å². The maximum absolute atomic E-state index is 12.3. The lowest BCUT2D eigenvalue weighted by Gasteiger charge is -2.18. The third kappa shape index (κ3) is 7.60. The first kappa shape index (κ1) is 31.7. The van der Waals surface area contributed by atoms with Crippen LogP contribution in [0.2, 0.25) is 0 Å². The summed E-state index contributed by atoms with van der Waals surface area (Å²) in [6.07, 6.45) is 2.25. The fourth-order valence-electron chi connectivity index (χ4n) is 5.85. The van der Waals surface area contributed by atoms with Gasteiger partial charge in [0, 0.05) is 40.8 Å². The molecule has 0 unspecified atom stereocenters. The zero-order valence-corrected chi connectivity index (χ0v) is 27.0. The molecule has 0 amide bonds. The van der Waals surface area contributed by atoms with E-state index in [1.165, 1.54) is 0 Å². The number of rotatable bonds is 15. The van der Waals surface area contributed by atoms with Crippen molar-refractivity contribution in [2.45, 2.75) is 46.1 Å². The number of aryl methyl sites for hydroxylation is 2. The minimum atomic E-state index is -0.228. The van der Waals surface area contributed by atoms with Crippen LogP contribution in [0.4, 0.5) is 0 Å². The van der Waals surface area contributed by atoms with Crippen LogP contribution in [-0.2, 0) is 29.0 Å². The summed E-state index contributed by atoms with van der Waals surface area (Å²) < 4.78 is 30.4. The van der Waals surface area contributed by atoms with Crippen LogP contribution in [0.1, 0.15) is 43.4 Å². The molecule has 0 radical (unpaired) electrons. The van der Waals surface area contributed by atoms with Gasteiger partial charge in [0.05, 0.1) is 19.8 Å². The number of furan rings is 1. The molecule has 0 atom stereocenters. The first-order chi connectivity index (χ1) is 23.1. The molecule has 0 fully saturated rings. The number of benzene rings is 5. The molecular weight excluding hydrogens is 588 g/mol. The topological polar surface area (TPSA) is 67.1 Å². The Hall–Kier alpha value is -5.23. The van der Waals surface area contributed by atoms with E-state index in [0.29, 0.717) is 39.3 Å². The predicted octanol–water partition coefficient (Wildman–Crippen LogP) is 9.74. The number of esters is 1. The summed E-state index contributed by atoms with van der Waals surface area (Å²) in [5, 5.41) is 1.99. The third-order valence-electron chi connectivity index (χ3n) is 8.16. The van der Waals surface area contributed by atoms with Gasteiger partial charge in [-0.15, -0.1) is 0 Å². The minimum Gasteiger partial charge on any atom is -0.493 e. The van der Waals surface area contributed by atoms with Crippen molar-refractivity contribution in [3.8, 4) is 28.4 Å². The molecule has 0 spiro atoms. The number of ether oxygens (including phenoxy) is 4. The lowest BCUT2D eigenvalue weighted by Crippen LogP contribution is -2.09. The molecule has 0 bridgehead atoms. The highest BCUT2D eigenvalue weighted by atomic mass is 16.5. The van der Waals surface area contributed by atoms with Crippen LogP contribution < -0.4 is 14.2 Å². The summed E-state index contributed by atoms with van der Waals surface area (Å²) in [6, 6.07) is 36.5. The second kappa shape index (κ2) is 15.4. The quantitative estimate of drug-likeness (QED) is 0.0833. The SMILES string of the molecule is CCOC(=O)CCc1c(OCCCOc2cc(OCc3ccccc3)c(-c3ccccc3)cc2CC)ccc2oc3ccccc3c12. The van der Waals surface area contributed by atoms with Crippen molar-refractivity contribution in [3.63, 3.8) is 0 Å². The Kier molecular flexibility index (Phi) is 10.4. The van der Waals surface area contributed by atoms with Crippen molar-refractivity contribution in [2.75, 3.05) is 19.8 Å². The number of carbonyl (C=O) groups is 1. The molecule has 0 aliphatic rings. The van der Waals surface area contributed by atoms with E-state index in [1.807, 2.05) is 85.8 Å². The Morgan fingerprint density at radius 1 is 0.702 bits per heavy atom. The van der Waals surface area contributed by atoms with Gasteiger partial charge in [-0.1, -0.05) is 85.8 Å². The molecule has 240 valence electrons. The molecule has 5 aromatic carbocycles. The fourth-order valence-corrected chi connectivity index (χ4v) is 5.85. The van der Waals surface area contributed by atoms with Crippen LogP contribution in [0.15, 0.2) is 114 Å². The molecule has 0 aliphatic heterocycles. The molecule has 6 aromatic rings. The van der Waals surface area contributed by atoms with E-state index in [0.717, 1.165) is 73.4 Å². The van der Waals surface area contributed by atoms with Crippen molar-refractivity contribution in [3.05, 3.63) is 126 Å². The highest BCUT2D eigenvalue weighted by Gasteiger charge is 2.18. The Morgan fingerprint density at radius 2 is 1.43 bits per heavy atom. The lowest BCUT2D eigenvalue weighted by molar-refractivity contribution is -0.143. The van der Waals surface area contributed by atoms with Crippen LogP contribution in [0.5, 0.6) is 17.2 Å². The highest BCUT2D eigenvalue weighted by Crippen LogP contribution is 2.38. The monoisotopic (exact) mass is 628 g/mol. The van der Waals surface area contributed by atoms with E-state index in [1.54, 1.807) is 0 Å². The minimum absolute atomic E-state index is 0.228. The van der Waals surface area contributed by atoms with Crippen molar-refractivity contribution >= 4 is 27.9 Å². The van der Waals surface area contributed by atoms with Gasteiger partial charge in [0.2, 0.25) is 0 Å². The van der Waals surface area contributed by atoms with Gasteiger partial charge in [-0.05, 0) is 60.7 Å². The molecule has 6 rings (SSSR count). The molecule has 47 heavy (non-hydrogen) atoms. The van der Waals surface area contributed by atoms with Crippen molar-refractivity contribution in [2.24, 2.45) is 0 Å². The largest absolute Gasteiger partial charge is 0.493 e. The van der Waals surface area contributed by atoms with Crippen molar-refractivity contribution < 1.29 is 28.2 Å². The van der Waals surface area contributed by atoms with Crippen LogP contribution in [-0.4, -0.2) is 25.8 Å². The van der Waals surface area contributed by atoms with E-state index >= 15 is 0 Å². The third-order valence-corrected chi connectivity index (χ3v) is 8.16. The van der Waals surface area contributed by atoms with Crippen molar-refractivity contribution in [1.29, 1.82) is 0 Å². The van der Waals surface area contributed by atoms with Gasteiger partial charge in [-0.2, -0.15) is 0 Å². The zero-order valence-electron chi connectivity index (χ0n) is 27.0. The average Bonchev–Trinajstić information content (AvgIpc) is 3.50. The number of hydrogen-bond acceptors (Lipinski definition) is 6. The molecule has 1 heterocycles. The molecule has 0 aliphatic carbocycles. The molecule has 0 saturated heterocycles. The zero-order chi connectivity index (χ0) is 32.4. The maximum atomic E-state index is 12.3. The van der Waals surface area contributed by atoms with E-state index in [9.17, 15) is 4.79 Å². The summed E-state index contributed by atoms with van der Waals surface area (Å²) in [5.41, 5.74) is 6.91. The standard InChI is InChI=1S/C41H40O6/c1-3-30-26-34(31-16-9-6-10-17-31)39(46-28-29-14-7-5-8-15-29)27-38(30)45-25-13-24-44-35-21-22-37-41(32-18-11-12-19-36(32)47-37)33(35)20-23-40(42)43-4-2/h5-12,14-19,21-22,26-27H,3-4,13,20,23-25,28H2,1-2H3. The fraction of sp³-hybridized carbons (Fsp3) is 0.244. The van der Waals surface area contributed by atoms with Gasteiger partial charge >= 0.3 is 5.97 Å². The number of carbonyl (C=O) groups excluding carboxylic acids is 1. The molecule has 1 aromatic heterocycles. The molecule has 6 heteroatoms. The Balaban J connectivity index is 1.17. The summed E-state index contributed by atoms with van der Waals surface area (Å²) in [7, 11) is 0. The first-order valence-corrected chi connectivity index (χ1v) is 16.4. The number of fused-ring (bicyclic) bond motifs is 3. The molecular formula is C41H40O6. The number of para-hydroxylation sites is 1.